The van der Waals surface area contributed by atoms with Crippen molar-refractivity contribution in [2.75, 3.05) is 0 Å². The first-order valence-electron chi connectivity index (χ1n) is 11.8. The van der Waals surface area contributed by atoms with Crippen LogP contribution in [0.25, 0.3) is 0 Å². The van der Waals surface area contributed by atoms with Crippen LogP contribution in [0.2, 0.25) is 10.0 Å². The Kier molecular flexibility index (Phi) is 10.3. The fourth-order valence-electron chi connectivity index (χ4n) is 4.61. The summed E-state index contributed by atoms with van der Waals surface area (Å²) in [6.45, 7) is 0. The maximum absolute atomic E-state index is 12.6. The summed E-state index contributed by atoms with van der Waals surface area (Å²) in [5, 5.41) is 1.32. The second-order valence-corrected chi connectivity index (χ2v) is 11.8. The zero-order valence-electron chi connectivity index (χ0n) is 20.3. The molecule has 2 aliphatic rings. The SMILES string of the molecule is O=C1c2ccc(Cl)cc2C(Br)C(Br)c2cccnc21.O=C1c2ccccc2CCc2cc(Cl)ccc21.[B]=NS. The van der Waals surface area contributed by atoms with Gasteiger partial charge in [-0.15, -0.1) is 0 Å². The number of aryl methyl sites for hydroxylation is 2. The number of pyridine rings is 1. The first-order chi connectivity index (χ1) is 18.8. The van der Waals surface area contributed by atoms with Crippen LogP contribution in [-0.2, 0) is 12.8 Å². The summed E-state index contributed by atoms with van der Waals surface area (Å²) in [4.78, 5) is 29.2. The van der Waals surface area contributed by atoms with Gasteiger partial charge in [-0.3, -0.25) is 14.6 Å². The number of halogens is 4. The van der Waals surface area contributed by atoms with Gasteiger partial charge in [0.1, 0.15) is 5.69 Å². The molecule has 4 aromatic rings. The van der Waals surface area contributed by atoms with E-state index in [0.29, 0.717) is 21.3 Å². The van der Waals surface area contributed by atoms with Gasteiger partial charge in [-0.05, 0) is 77.6 Å². The topological polar surface area (TPSA) is 59.4 Å². The Morgan fingerprint density at radius 3 is 2.10 bits per heavy atom. The van der Waals surface area contributed by atoms with Gasteiger partial charge in [0.25, 0.3) is 0 Å². The molecule has 2 unspecified atom stereocenters. The molecule has 2 aliphatic carbocycles. The van der Waals surface area contributed by atoms with Crippen molar-refractivity contribution in [3.8, 4) is 0 Å². The number of rotatable bonds is 0. The van der Waals surface area contributed by atoms with Gasteiger partial charge in [0.05, 0.1) is 9.65 Å². The fraction of sp³-hybridized carbons (Fsp3) is 0.138. The average Bonchev–Trinajstić information content (AvgIpc) is 3.13. The summed E-state index contributed by atoms with van der Waals surface area (Å²) in [6, 6.07) is 22.4. The summed E-state index contributed by atoms with van der Waals surface area (Å²) >= 11 is 22.5. The van der Waals surface area contributed by atoms with E-state index >= 15 is 0 Å². The predicted molar refractivity (Wildman–Crippen MR) is 168 cm³/mol. The van der Waals surface area contributed by atoms with Gasteiger partial charge < -0.3 is 0 Å². The van der Waals surface area contributed by atoms with Crippen LogP contribution in [0.1, 0.15) is 63.9 Å². The van der Waals surface area contributed by atoms with Crippen molar-refractivity contribution in [2.45, 2.75) is 22.5 Å². The van der Waals surface area contributed by atoms with Gasteiger partial charge in [-0.2, -0.15) is 0 Å². The van der Waals surface area contributed by atoms with Gasteiger partial charge in [0.15, 0.2) is 5.78 Å². The summed E-state index contributed by atoms with van der Waals surface area (Å²) in [5.41, 5.74) is 6.72. The molecule has 39 heavy (non-hydrogen) atoms. The van der Waals surface area contributed by atoms with Crippen LogP contribution in [0, 0.1) is 0 Å². The van der Waals surface area contributed by atoms with Crippen molar-refractivity contribution in [3.05, 3.63) is 134 Å². The van der Waals surface area contributed by atoms with E-state index in [-0.39, 0.29) is 21.2 Å². The van der Waals surface area contributed by atoms with E-state index in [9.17, 15) is 9.59 Å². The molecule has 0 aliphatic heterocycles. The molecule has 0 amide bonds. The minimum absolute atomic E-state index is 0.0279. The Morgan fingerprint density at radius 1 is 0.769 bits per heavy atom. The molecule has 1 heterocycles. The standard InChI is InChI=1S/C15H11ClO.C14H8Br2ClNO.BHNS/c16-12-7-8-14-11(9-12)6-5-10-3-1-2-4-13(10)15(14)17;15-11-9-2-1-5-18-13(9)14(19)8-4-3-7(17)6-10(8)12(11)16;1-2-3/h1-4,7-9H,5-6H2;1-6,11-12H;3H. The van der Waals surface area contributed by atoms with Gasteiger partial charge >= 0.3 is 24.8 Å². The Bertz CT molecular complexity index is 1570. The summed E-state index contributed by atoms with van der Waals surface area (Å²) in [6.07, 6.45) is 3.41. The van der Waals surface area contributed by atoms with Crippen molar-refractivity contribution in [1.82, 2.24) is 4.98 Å². The molecule has 0 saturated heterocycles. The third-order valence-corrected chi connectivity index (χ3v) is 9.62. The number of carbonyl (C=O) groups is 2. The second kappa shape index (κ2) is 13.5. The zero-order chi connectivity index (χ0) is 28.1. The molecule has 6 rings (SSSR count). The Hall–Kier alpha value is -2.10. The molecule has 3 aromatic carbocycles. The monoisotopic (exact) mass is 699 g/mol. The molecule has 2 atom stereocenters. The van der Waals surface area contributed by atoms with Crippen LogP contribution in [0.3, 0.4) is 0 Å². The number of hydrogen-bond donors (Lipinski definition) is 1. The van der Waals surface area contributed by atoms with Gasteiger partial charge in [0, 0.05) is 32.9 Å². The molecule has 0 N–H and O–H groups in total. The average molecular weight is 702 g/mol. The number of nitrogens with zero attached hydrogens (tertiary/aromatic N) is 2. The molecule has 195 valence electrons. The van der Waals surface area contributed by atoms with Gasteiger partial charge in [0.2, 0.25) is 5.78 Å². The summed E-state index contributed by atoms with van der Waals surface area (Å²) in [5.74, 6) is 0.0541. The number of thiol groups is 1. The normalized spacial score (nSPS) is 16.8. The van der Waals surface area contributed by atoms with Gasteiger partial charge in [-0.25, -0.2) is 0 Å². The van der Waals surface area contributed by atoms with E-state index in [1.165, 1.54) is 0 Å². The van der Waals surface area contributed by atoms with Crippen LogP contribution in [-0.4, -0.2) is 24.2 Å². The molecule has 0 saturated carbocycles. The Balaban J connectivity index is 0.000000165. The molecule has 1 aromatic heterocycles. The van der Waals surface area contributed by atoms with E-state index in [2.05, 4.69) is 61.6 Å². The third-order valence-electron chi connectivity index (χ3n) is 6.40. The summed E-state index contributed by atoms with van der Waals surface area (Å²) < 4.78 is 2.69. The first kappa shape index (κ1) is 29.9. The predicted octanol–water partition coefficient (Wildman–Crippen LogP) is 8.70. The molecule has 4 nitrogen and oxygen atoms in total. The van der Waals surface area contributed by atoms with E-state index in [0.717, 1.165) is 46.2 Å². The molecule has 1 radical (unpaired) electrons. The van der Waals surface area contributed by atoms with E-state index < -0.39 is 0 Å². The van der Waals surface area contributed by atoms with E-state index in [1.807, 2.05) is 54.6 Å². The van der Waals surface area contributed by atoms with Crippen LogP contribution >= 0.6 is 67.9 Å². The van der Waals surface area contributed by atoms with E-state index in [4.69, 9.17) is 23.2 Å². The second-order valence-electron chi connectivity index (χ2n) is 8.71. The Labute approximate surface area is 260 Å². The van der Waals surface area contributed by atoms with Crippen molar-refractivity contribution in [2.24, 2.45) is 4.30 Å². The molecule has 0 spiro atoms. The van der Waals surface area contributed by atoms with Crippen molar-refractivity contribution >= 4 is 87.1 Å². The number of carbonyl (C=O) groups excluding carboxylic acids is 2. The quantitative estimate of drug-likeness (QED) is 0.113. The molecular formula is C29H20BBr2Cl2N2O2S. The van der Waals surface area contributed by atoms with Crippen molar-refractivity contribution < 1.29 is 9.59 Å². The number of benzene rings is 3. The molecule has 10 heteroatoms. The number of fused-ring (bicyclic) bond motifs is 4. The van der Waals surface area contributed by atoms with Crippen LogP contribution in [0.15, 0.2) is 83.3 Å². The molecule has 0 bridgehead atoms. The van der Waals surface area contributed by atoms with Gasteiger partial charge in [-0.1, -0.05) is 85.4 Å². The van der Waals surface area contributed by atoms with Crippen LogP contribution in [0.5, 0.6) is 0 Å². The zero-order valence-corrected chi connectivity index (χ0v) is 25.9. The number of alkyl halides is 2. The first-order valence-corrected chi connectivity index (χ1v) is 14.8. The number of ketones is 2. The molecule has 0 fully saturated rings. The minimum atomic E-state index is -0.0614. The number of hydrogen-bond acceptors (Lipinski definition) is 5. The fourth-order valence-corrected chi connectivity index (χ4v) is 6.30. The van der Waals surface area contributed by atoms with Crippen molar-refractivity contribution in [3.63, 3.8) is 0 Å². The van der Waals surface area contributed by atoms with Crippen LogP contribution < -0.4 is 0 Å². The molecular weight excluding hydrogens is 682 g/mol. The Morgan fingerprint density at radius 2 is 1.36 bits per heavy atom. The number of aromatic nitrogens is 1. The van der Waals surface area contributed by atoms with Crippen LogP contribution in [0.4, 0.5) is 0 Å². The van der Waals surface area contributed by atoms with Crippen molar-refractivity contribution in [1.29, 1.82) is 0 Å². The summed E-state index contributed by atoms with van der Waals surface area (Å²) in [7, 11) is 4.34. The third kappa shape index (κ3) is 6.63. The maximum atomic E-state index is 12.6. The van der Waals surface area contributed by atoms with E-state index in [1.54, 1.807) is 24.4 Å².